The van der Waals surface area contributed by atoms with Gasteiger partial charge in [-0.3, -0.25) is 4.84 Å². The lowest BCUT2D eigenvalue weighted by atomic mass is 9.90. The van der Waals surface area contributed by atoms with Gasteiger partial charge in [0.1, 0.15) is 0 Å². The van der Waals surface area contributed by atoms with E-state index < -0.39 is 0 Å². The fourth-order valence-electron chi connectivity index (χ4n) is 3.20. The highest BCUT2D eigenvalue weighted by molar-refractivity contribution is 5.73. The number of rotatable bonds is 12. The van der Waals surface area contributed by atoms with E-state index in [4.69, 9.17) is 10.6 Å². The molecule has 142 valence electrons. The molecule has 0 saturated heterocycles. The summed E-state index contributed by atoms with van der Waals surface area (Å²) in [5, 5.41) is 4.51. The molecule has 24 heavy (non-hydrogen) atoms. The largest absolute Gasteiger partial charge is 0.341 e. The van der Waals surface area contributed by atoms with Gasteiger partial charge in [0.25, 0.3) is 0 Å². The van der Waals surface area contributed by atoms with Crippen LogP contribution < -0.4 is 11.1 Å². The van der Waals surface area contributed by atoms with Crippen LogP contribution in [0.1, 0.15) is 84.5 Å². The van der Waals surface area contributed by atoms with Gasteiger partial charge in [0.05, 0.1) is 13.2 Å². The SMILES string of the molecule is CC(C)NC(=O)N(CCCCCCCCN)OCC1CCCCC1. The third-order valence-corrected chi connectivity index (χ3v) is 4.64. The molecular weight excluding hydrogens is 302 g/mol. The molecule has 0 bridgehead atoms. The van der Waals surface area contributed by atoms with Crippen LogP contribution in [-0.2, 0) is 4.84 Å². The molecule has 1 saturated carbocycles. The highest BCUT2D eigenvalue weighted by Gasteiger charge is 2.19. The molecule has 0 aliphatic heterocycles. The molecule has 0 spiro atoms. The predicted molar refractivity (Wildman–Crippen MR) is 99.7 cm³/mol. The van der Waals surface area contributed by atoms with Crippen molar-refractivity contribution in [2.75, 3.05) is 19.7 Å². The number of urea groups is 1. The number of carbonyl (C=O) groups is 1. The minimum Gasteiger partial charge on any atom is -0.334 e. The van der Waals surface area contributed by atoms with Crippen molar-refractivity contribution in [3.63, 3.8) is 0 Å². The van der Waals surface area contributed by atoms with Gasteiger partial charge in [0.2, 0.25) is 0 Å². The molecule has 0 unspecified atom stereocenters. The average Bonchev–Trinajstić information content (AvgIpc) is 2.57. The van der Waals surface area contributed by atoms with E-state index in [2.05, 4.69) is 5.32 Å². The second-order valence-corrected chi connectivity index (χ2v) is 7.42. The maximum Gasteiger partial charge on any atom is 0.341 e. The van der Waals surface area contributed by atoms with E-state index >= 15 is 0 Å². The minimum atomic E-state index is -0.0936. The zero-order chi connectivity index (χ0) is 17.6. The van der Waals surface area contributed by atoms with Gasteiger partial charge in [-0.1, -0.05) is 44.9 Å². The number of nitrogens with zero attached hydrogens (tertiary/aromatic N) is 1. The van der Waals surface area contributed by atoms with Crippen molar-refractivity contribution in [2.24, 2.45) is 11.7 Å². The topological polar surface area (TPSA) is 67.6 Å². The molecule has 2 amide bonds. The smallest absolute Gasteiger partial charge is 0.334 e. The third kappa shape index (κ3) is 10.1. The summed E-state index contributed by atoms with van der Waals surface area (Å²) in [6, 6.07) is 0.0403. The van der Waals surface area contributed by atoms with Crippen molar-refractivity contribution in [2.45, 2.75) is 90.5 Å². The monoisotopic (exact) mass is 341 g/mol. The zero-order valence-corrected chi connectivity index (χ0v) is 15.9. The molecule has 0 aromatic heterocycles. The summed E-state index contributed by atoms with van der Waals surface area (Å²) in [5.41, 5.74) is 5.51. The van der Waals surface area contributed by atoms with Crippen LogP contribution in [-0.4, -0.2) is 36.8 Å². The molecule has 3 N–H and O–H groups in total. The summed E-state index contributed by atoms with van der Waals surface area (Å²) in [7, 11) is 0. The first kappa shape index (κ1) is 21.2. The number of hydrogen-bond donors (Lipinski definition) is 2. The highest BCUT2D eigenvalue weighted by atomic mass is 16.7. The molecule has 0 radical (unpaired) electrons. The second kappa shape index (κ2) is 13.5. The number of hydrogen-bond acceptors (Lipinski definition) is 3. The Bertz CT molecular complexity index is 318. The summed E-state index contributed by atoms with van der Waals surface area (Å²) >= 11 is 0. The van der Waals surface area contributed by atoms with Crippen molar-refractivity contribution in [3.8, 4) is 0 Å². The molecule has 1 fully saturated rings. The fraction of sp³-hybridized carbons (Fsp3) is 0.947. The van der Waals surface area contributed by atoms with Crippen LogP contribution >= 0.6 is 0 Å². The molecular formula is C19H39N3O2. The Hall–Kier alpha value is -0.810. The maximum absolute atomic E-state index is 12.3. The van der Waals surface area contributed by atoms with Gasteiger partial charge in [0, 0.05) is 6.04 Å². The van der Waals surface area contributed by atoms with Crippen LogP contribution in [0.3, 0.4) is 0 Å². The molecule has 0 aromatic carbocycles. The molecule has 1 aliphatic rings. The van der Waals surface area contributed by atoms with Gasteiger partial charge >= 0.3 is 6.03 Å². The lowest BCUT2D eigenvalue weighted by Gasteiger charge is -2.27. The van der Waals surface area contributed by atoms with E-state index in [9.17, 15) is 4.79 Å². The van der Waals surface area contributed by atoms with Gasteiger partial charge in [0.15, 0.2) is 0 Å². The molecule has 5 heteroatoms. The van der Waals surface area contributed by atoms with E-state index in [0.717, 1.165) is 25.8 Å². The lowest BCUT2D eigenvalue weighted by molar-refractivity contribution is -0.133. The van der Waals surface area contributed by atoms with E-state index in [1.54, 1.807) is 5.06 Å². The Labute approximate surface area is 148 Å². The first-order valence-electron chi connectivity index (χ1n) is 10.0. The van der Waals surface area contributed by atoms with E-state index in [0.29, 0.717) is 19.1 Å². The normalized spacial score (nSPS) is 15.7. The number of nitrogens with one attached hydrogen (secondary N) is 1. The standard InChI is InChI=1S/C19H39N3O2/c1-17(2)21-19(23)22(15-11-6-4-3-5-10-14-20)24-16-18-12-8-7-9-13-18/h17-18H,3-16,20H2,1-2H3,(H,21,23). The van der Waals surface area contributed by atoms with Gasteiger partial charge in [-0.05, 0) is 52.0 Å². The fourth-order valence-corrected chi connectivity index (χ4v) is 3.20. The first-order chi connectivity index (χ1) is 11.6. The number of carbonyl (C=O) groups excluding carboxylic acids is 1. The van der Waals surface area contributed by atoms with Gasteiger partial charge in [-0.15, -0.1) is 0 Å². The van der Waals surface area contributed by atoms with Gasteiger partial charge in [-0.25, -0.2) is 9.86 Å². The molecule has 0 heterocycles. The van der Waals surface area contributed by atoms with Crippen LogP contribution in [0.4, 0.5) is 4.79 Å². The molecule has 0 aromatic rings. The summed E-state index contributed by atoms with van der Waals surface area (Å²) in [5.74, 6) is 0.615. The third-order valence-electron chi connectivity index (χ3n) is 4.64. The number of unbranched alkanes of at least 4 members (excludes halogenated alkanes) is 5. The van der Waals surface area contributed by atoms with Crippen LogP contribution in [0.25, 0.3) is 0 Å². The summed E-state index contributed by atoms with van der Waals surface area (Å²) in [6.45, 7) is 6.12. The quantitative estimate of drug-likeness (QED) is 0.412. The lowest BCUT2D eigenvalue weighted by Crippen LogP contribution is -2.44. The van der Waals surface area contributed by atoms with E-state index in [1.807, 2.05) is 13.8 Å². The van der Waals surface area contributed by atoms with Crippen molar-refractivity contribution in [1.29, 1.82) is 0 Å². The van der Waals surface area contributed by atoms with Gasteiger partial charge in [-0.2, -0.15) is 0 Å². The molecule has 1 rings (SSSR count). The summed E-state index contributed by atoms with van der Waals surface area (Å²) < 4.78 is 0. The molecule has 5 nitrogen and oxygen atoms in total. The Kier molecular flexibility index (Phi) is 11.9. The molecule has 1 aliphatic carbocycles. The number of hydroxylamine groups is 2. The van der Waals surface area contributed by atoms with Crippen molar-refractivity contribution < 1.29 is 9.63 Å². The first-order valence-corrected chi connectivity index (χ1v) is 10.0. The van der Waals surface area contributed by atoms with Crippen molar-refractivity contribution in [3.05, 3.63) is 0 Å². The summed E-state index contributed by atoms with van der Waals surface area (Å²) in [6.07, 6.45) is 13.3. The van der Waals surface area contributed by atoms with E-state index in [1.165, 1.54) is 51.4 Å². The van der Waals surface area contributed by atoms with Crippen LogP contribution in [0.5, 0.6) is 0 Å². The van der Waals surface area contributed by atoms with Crippen molar-refractivity contribution >= 4 is 6.03 Å². The Morgan fingerprint density at radius 2 is 1.71 bits per heavy atom. The highest BCUT2D eigenvalue weighted by Crippen LogP contribution is 2.24. The Morgan fingerprint density at radius 1 is 1.08 bits per heavy atom. The average molecular weight is 342 g/mol. The Balaban J connectivity index is 2.27. The Morgan fingerprint density at radius 3 is 2.33 bits per heavy atom. The summed E-state index contributed by atoms with van der Waals surface area (Å²) in [4.78, 5) is 18.2. The second-order valence-electron chi connectivity index (χ2n) is 7.42. The zero-order valence-electron chi connectivity index (χ0n) is 15.9. The van der Waals surface area contributed by atoms with Crippen LogP contribution in [0.2, 0.25) is 0 Å². The molecule has 0 atom stereocenters. The number of nitrogens with two attached hydrogens (primary N) is 1. The van der Waals surface area contributed by atoms with Crippen LogP contribution in [0, 0.1) is 5.92 Å². The van der Waals surface area contributed by atoms with Crippen molar-refractivity contribution in [1.82, 2.24) is 10.4 Å². The van der Waals surface area contributed by atoms with E-state index in [-0.39, 0.29) is 12.1 Å². The van der Waals surface area contributed by atoms with Gasteiger partial charge < -0.3 is 11.1 Å². The number of amides is 2. The predicted octanol–water partition coefficient (Wildman–Crippen LogP) is 4.22. The van der Waals surface area contributed by atoms with Crippen LogP contribution in [0.15, 0.2) is 0 Å². The maximum atomic E-state index is 12.3. The minimum absolute atomic E-state index is 0.0936.